The predicted octanol–water partition coefficient (Wildman–Crippen LogP) is 1.95. The summed E-state index contributed by atoms with van der Waals surface area (Å²) in [6.07, 6.45) is 9.62. The summed E-state index contributed by atoms with van der Waals surface area (Å²) in [4.78, 5) is 29.4. The number of fused-ring (bicyclic) bond motifs is 1. The lowest BCUT2D eigenvalue weighted by molar-refractivity contribution is 0.0667. The fourth-order valence-corrected chi connectivity index (χ4v) is 2.22. The van der Waals surface area contributed by atoms with Crippen LogP contribution in [-0.2, 0) is 0 Å². The number of hydrogen-bond acceptors (Lipinski definition) is 3. The second-order valence-electron chi connectivity index (χ2n) is 4.35. The molecule has 1 aromatic heterocycles. The number of aromatic nitrogens is 1. The van der Waals surface area contributed by atoms with Crippen molar-refractivity contribution < 1.29 is 9.59 Å². The summed E-state index contributed by atoms with van der Waals surface area (Å²) in [6, 6.07) is 3.32. The molecule has 3 rings (SSSR count). The molecule has 0 spiro atoms. The van der Waals surface area contributed by atoms with Crippen LogP contribution in [0.15, 0.2) is 42.1 Å². The SMILES string of the molecule is O=C1c2cccnc2C(=O)N1CC1=CCCC=C1. The Labute approximate surface area is 105 Å². The zero-order valence-electron chi connectivity index (χ0n) is 9.80. The summed E-state index contributed by atoms with van der Waals surface area (Å²) in [5, 5.41) is 0. The third kappa shape index (κ3) is 1.66. The molecule has 18 heavy (non-hydrogen) atoms. The van der Waals surface area contributed by atoms with Crippen molar-refractivity contribution >= 4 is 11.8 Å². The smallest absolute Gasteiger partial charge is 0.268 e. The van der Waals surface area contributed by atoms with Crippen molar-refractivity contribution in [2.75, 3.05) is 6.54 Å². The molecule has 0 saturated heterocycles. The minimum Gasteiger partial charge on any atom is -0.268 e. The first-order valence-electron chi connectivity index (χ1n) is 5.94. The van der Waals surface area contributed by atoms with E-state index in [1.807, 2.05) is 6.08 Å². The van der Waals surface area contributed by atoms with Gasteiger partial charge in [-0.25, -0.2) is 0 Å². The highest BCUT2D eigenvalue weighted by atomic mass is 16.2. The van der Waals surface area contributed by atoms with E-state index in [-0.39, 0.29) is 17.5 Å². The number of nitrogens with zero attached hydrogens (tertiary/aromatic N) is 2. The highest BCUT2D eigenvalue weighted by molar-refractivity contribution is 6.20. The molecule has 2 aliphatic rings. The molecule has 1 aliphatic heterocycles. The highest BCUT2D eigenvalue weighted by Gasteiger charge is 2.36. The van der Waals surface area contributed by atoms with E-state index in [2.05, 4.69) is 17.1 Å². The van der Waals surface area contributed by atoms with Gasteiger partial charge in [-0.15, -0.1) is 0 Å². The fraction of sp³-hybridized carbons (Fsp3) is 0.214. The summed E-state index contributed by atoms with van der Waals surface area (Å²) in [5.74, 6) is -0.543. The molecule has 0 fully saturated rings. The Morgan fingerprint density at radius 2 is 2.11 bits per heavy atom. The topological polar surface area (TPSA) is 50.3 Å². The lowest BCUT2D eigenvalue weighted by Gasteiger charge is -2.15. The number of allylic oxidation sites excluding steroid dienone is 2. The third-order valence-corrected chi connectivity index (χ3v) is 3.14. The van der Waals surface area contributed by atoms with Gasteiger partial charge in [-0.2, -0.15) is 0 Å². The van der Waals surface area contributed by atoms with E-state index in [1.54, 1.807) is 12.1 Å². The number of hydrogen-bond donors (Lipinski definition) is 0. The van der Waals surface area contributed by atoms with Crippen molar-refractivity contribution in [3.8, 4) is 0 Å². The van der Waals surface area contributed by atoms with Crippen molar-refractivity contribution in [1.29, 1.82) is 0 Å². The largest absolute Gasteiger partial charge is 0.280 e. The van der Waals surface area contributed by atoms with Crippen molar-refractivity contribution in [1.82, 2.24) is 9.88 Å². The van der Waals surface area contributed by atoms with Gasteiger partial charge in [-0.3, -0.25) is 19.5 Å². The molecule has 0 saturated carbocycles. The van der Waals surface area contributed by atoms with Crippen LogP contribution in [0.3, 0.4) is 0 Å². The second kappa shape index (κ2) is 4.22. The quantitative estimate of drug-likeness (QED) is 0.742. The summed E-state index contributed by atoms with van der Waals surface area (Å²) in [6.45, 7) is 0.338. The van der Waals surface area contributed by atoms with Gasteiger partial charge in [0, 0.05) is 6.20 Å². The van der Waals surface area contributed by atoms with E-state index < -0.39 is 0 Å². The predicted molar refractivity (Wildman–Crippen MR) is 66.1 cm³/mol. The molecule has 0 unspecified atom stereocenters. The molecule has 4 heteroatoms. The monoisotopic (exact) mass is 240 g/mol. The summed E-state index contributed by atoms with van der Waals surface area (Å²) in [5.41, 5.74) is 1.68. The molecule has 2 amide bonds. The van der Waals surface area contributed by atoms with Crippen LogP contribution in [0.5, 0.6) is 0 Å². The molecule has 0 atom stereocenters. The minimum absolute atomic E-state index is 0.247. The molecule has 90 valence electrons. The number of carbonyl (C=O) groups excluding carboxylic acids is 2. The zero-order valence-corrected chi connectivity index (χ0v) is 9.80. The Hall–Kier alpha value is -2.23. The first-order chi connectivity index (χ1) is 8.77. The lowest BCUT2D eigenvalue weighted by atomic mass is 10.1. The van der Waals surface area contributed by atoms with Crippen LogP contribution in [0.4, 0.5) is 0 Å². The second-order valence-corrected chi connectivity index (χ2v) is 4.35. The standard InChI is InChI=1S/C14H12N2O2/c17-13-11-7-4-8-15-12(11)14(18)16(13)9-10-5-2-1-3-6-10/h2,4-8H,1,3,9H2. The average Bonchev–Trinajstić information content (AvgIpc) is 2.66. The number of imide groups is 1. The van der Waals surface area contributed by atoms with Crippen molar-refractivity contribution in [2.45, 2.75) is 12.8 Å². The van der Waals surface area contributed by atoms with Crippen LogP contribution in [0.2, 0.25) is 0 Å². The molecular weight excluding hydrogens is 228 g/mol. The molecule has 2 heterocycles. The van der Waals surface area contributed by atoms with Crippen molar-refractivity contribution in [3.05, 3.63) is 53.4 Å². The van der Waals surface area contributed by atoms with Crippen LogP contribution < -0.4 is 0 Å². The first kappa shape index (κ1) is 10.9. The summed E-state index contributed by atoms with van der Waals surface area (Å²) < 4.78 is 0. The normalized spacial score (nSPS) is 18.0. The van der Waals surface area contributed by atoms with Crippen LogP contribution in [0, 0.1) is 0 Å². The number of amides is 2. The maximum atomic E-state index is 12.1. The van der Waals surface area contributed by atoms with Gasteiger partial charge in [0.05, 0.1) is 12.1 Å². The minimum atomic E-state index is -0.296. The van der Waals surface area contributed by atoms with Gasteiger partial charge in [-0.05, 0) is 30.5 Å². The molecule has 0 bridgehead atoms. The van der Waals surface area contributed by atoms with Gasteiger partial charge >= 0.3 is 0 Å². The van der Waals surface area contributed by atoms with Gasteiger partial charge in [0.2, 0.25) is 0 Å². The number of rotatable bonds is 2. The molecule has 0 N–H and O–H groups in total. The fourth-order valence-electron chi connectivity index (χ4n) is 2.22. The van der Waals surface area contributed by atoms with Crippen LogP contribution in [-0.4, -0.2) is 28.2 Å². The van der Waals surface area contributed by atoms with E-state index >= 15 is 0 Å². The van der Waals surface area contributed by atoms with E-state index in [9.17, 15) is 9.59 Å². The van der Waals surface area contributed by atoms with Crippen molar-refractivity contribution in [2.24, 2.45) is 0 Å². The van der Waals surface area contributed by atoms with Crippen LogP contribution >= 0.6 is 0 Å². The summed E-state index contributed by atoms with van der Waals surface area (Å²) in [7, 11) is 0. The van der Waals surface area contributed by atoms with Gasteiger partial charge in [0.1, 0.15) is 5.69 Å². The molecule has 4 nitrogen and oxygen atoms in total. The molecule has 0 radical (unpaired) electrons. The van der Waals surface area contributed by atoms with E-state index in [4.69, 9.17) is 0 Å². The maximum absolute atomic E-state index is 12.1. The third-order valence-electron chi connectivity index (χ3n) is 3.14. The van der Waals surface area contributed by atoms with Gasteiger partial charge < -0.3 is 0 Å². The highest BCUT2D eigenvalue weighted by Crippen LogP contribution is 2.22. The van der Waals surface area contributed by atoms with E-state index in [0.717, 1.165) is 18.4 Å². The zero-order chi connectivity index (χ0) is 12.5. The van der Waals surface area contributed by atoms with Crippen LogP contribution in [0.1, 0.15) is 33.7 Å². The van der Waals surface area contributed by atoms with Crippen molar-refractivity contribution in [3.63, 3.8) is 0 Å². The Kier molecular flexibility index (Phi) is 2.55. The number of carbonyl (C=O) groups is 2. The molecular formula is C14H12N2O2. The Morgan fingerprint density at radius 1 is 1.22 bits per heavy atom. The maximum Gasteiger partial charge on any atom is 0.280 e. The molecule has 0 aromatic carbocycles. The van der Waals surface area contributed by atoms with E-state index in [1.165, 1.54) is 11.1 Å². The van der Waals surface area contributed by atoms with Gasteiger partial charge in [-0.1, -0.05) is 18.2 Å². The summed E-state index contributed by atoms with van der Waals surface area (Å²) >= 11 is 0. The Morgan fingerprint density at radius 3 is 2.83 bits per heavy atom. The average molecular weight is 240 g/mol. The van der Waals surface area contributed by atoms with Gasteiger partial charge in [0.15, 0.2) is 0 Å². The molecule has 1 aliphatic carbocycles. The Balaban J connectivity index is 1.88. The lowest BCUT2D eigenvalue weighted by Crippen LogP contribution is -2.31. The van der Waals surface area contributed by atoms with E-state index in [0.29, 0.717) is 12.1 Å². The van der Waals surface area contributed by atoms with Crippen LogP contribution in [0.25, 0.3) is 0 Å². The Bertz CT molecular complexity index is 552. The first-order valence-corrected chi connectivity index (χ1v) is 5.94. The van der Waals surface area contributed by atoms with Gasteiger partial charge in [0.25, 0.3) is 11.8 Å². The molecule has 1 aromatic rings. The number of pyridine rings is 1.